The Morgan fingerprint density at radius 1 is 1.44 bits per heavy atom. The van der Waals surface area contributed by atoms with E-state index in [1.54, 1.807) is 0 Å². The first kappa shape index (κ1) is 12.9. The van der Waals surface area contributed by atoms with Crippen molar-refractivity contribution in [2.45, 2.75) is 5.33 Å². The predicted molar refractivity (Wildman–Crippen MR) is 72.0 cm³/mol. The van der Waals surface area contributed by atoms with Crippen LogP contribution in [0.25, 0.3) is 0 Å². The molecule has 0 saturated carbocycles. The SMILES string of the molecule is CO/N=C(\C1=NOCCO1)c1ccccc1CBr. The Morgan fingerprint density at radius 3 is 2.94 bits per heavy atom. The van der Waals surface area contributed by atoms with E-state index in [1.165, 1.54) is 7.11 Å². The molecule has 18 heavy (non-hydrogen) atoms. The lowest BCUT2D eigenvalue weighted by molar-refractivity contribution is 0.0672. The van der Waals surface area contributed by atoms with Gasteiger partial charge in [-0.1, -0.05) is 45.4 Å². The molecule has 96 valence electrons. The third-order valence-corrected chi connectivity index (χ3v) is 2.97. The molecule has 5 nitrogen and oxygen atoms in total. The van der Waals surface area contributed by atoms with Crippen LogP contribution in [0.5, 0.6) is 0 Å². The molecule has 6 heteroatoms. The van der Waals surface area contributed by atoms with Gasteiger partial charge in [0, 0.05) is 10.9 Å². The number of oxime groups is 2. The number of benzene rings is 1. The van der Waals surface area contributed by atoms with Gasteiger partial charge in [-0.25, -0.2) is 0 Å². The van der Waals surface area contributed by atoms with Crippen molar-refractivity contribution in [2.75, 3.05) is 20.3 Å². The fraction of sp³-hybridized carbons (Fsp3) is 0.333. The molecule has 1 heterocycles. The topological polar surface area (TPSA) is 52.4 Å². The average Bonchev–Trinajstić information content (AvgIpc) is 2.46. The number of hydrogen-bond donors (Lipinski definition) is 0. The molecule has 0 spiro atoms. The zero-order chi connectivity index (χ0) is 12.8. The highest BCUT2D eigenvalue weighted by atomic mass is 79.9. The van der Waals surface area contributed by atoms with Crippen molar-refractivity contribution in [1.29, 1.82) is 0 Å². The van der Waals surface area contributed by atoms with Crippen LogP contribution in [0.3, 0.4) is 0 Å². The smallest absolute Gasteiger partial charge is 0.280 e. The summed E-state index contributed by atoms with van der Waals surface area (Å²) in [5, 5.41) is 8.56. The van der Waals surface area contributed by atoms with Crippen LogP contribution in [0, 0.1) is 0 Å². The highest BCUT2D eigenvalue weighted by molar-refractivity contribution is 9.08. The van der Waals surface area contributed by atoms with Gasteiger partial charge in [-0.05, 0) is 10.7 Å². The van der Waals surface area contributed by atoms with Gasteiger partial charge in [-0.3, -0.25) is 0 Å². The van der Waals surface area contributed by atoms with Crippen LogP contribution in [-0.2, 0) is 19.7 Å². The maximum atomic E-state index is 5.45. The summed E-state index contributed by atoms with van der Waals surface area (Å²) < 4.78 is 5.45. The predicted octanol–water partition coefficient (Wildman–Crippen LogP) is 2.29. The molecule has 0 unspecified atom stereocenters. The molecule has 0 saturated heterocycles. The van der Waals surface area contributed by atoms with Gasteiger partial charge >= 0.3 is 0 Å². The van der Waals surface area contributed by atoms with Crippen LogP contribution in [0.4, 0.5) is 0 Å². The number of rotatable bonds is 4. The highest BCUT2D eigenvalue weighted by Crippen LogP contribution is 2.16. The summed E-state index contributed by atoms with van der Waals surface area (Å²) in [7, 11) is 1.49. The average molecular weight is 313 g/mol. The molecule has 0 atom stereocenters. The first-order valence-corrected chi connectivity index (χ1v) is 6.57. The van der Waals surface area contributed by atoms with Crippen molar-refractivity contribution in [3.63, 3.8) is 0 Å². The highest BCUT2D eigenvalue weighted by Gasteiger charge is 2.20. The summed E-state index contributed by atoms with van der Waals surface area (Å²) in [5.41, 5.74) is 2.51. The van der Waals surface area contributed by atoms with Crippen LogP contribution in [-0.4, -0.2) is 31.9 Å². The minimum absolute atomic E-state index is 0.344. The Labute approximate surface area is 114 Å². The van der Waals surface area contributed by atoms with Gasteiger partial charge in [0.05, 0.1) is 0 Å². The maximum Gasteiger partial charge on any atom is 0.280 e. The van der Waals surface area contributed by atoms with E-state index in [9.17, 15) is 0 Å². The van der Waals surface area contributed by atoms with Crippen LogP contribution >= 0.6 is 15.9 Å². The standard InChI is InChI=1S/C12H13BrN2O3/c1-16-14-11(12-15-18-7-6-17-12)10-5-3-2-4-9(10)8-13/h2-5H,6-8H2,1H3/b14-11-. The van der Waals surface area contributed by atoms with Crippen molar-refractivity contribution in [2.24, 2.45) is 10.3 Å². The lowest BCUT2D eigenvalue weighted by Gasteiger charge is -2.16. The van der Waals surface area contributed by atoms with Gasteiger partial charge in [-0.15, -0.1) is 0 Å². The molecule has 0 N–H and O–H groups in total. The number of halogens is 1. The molecule has 0 aliphatic carbocycles. The van der Waals surface area contributed by atoms with Gasteiger partial charge in [0.25, 0.3) is 5.90 Å². The van der Waals surface area contributed by atoms with Crippen molar-refractivity contribution in [3.8, 4) is 0 Å². The van der Waals surface area contributed by atoms with Crippen LogP contribution in [0.15, 0.2) is 34.6 Å². The van der Waals surface area contributed by atoms with Gasteiger partial charge < -0.3 is 14.4 Å². The minimum Gasteiger partial charge on any atom is -0.470 e. The molecule has 2 rings (SSSR count). The molecule has 0 amide bonds. The van der Waals surface area contributed by atoms with Crippen molar-refractivity contribution >= 4 is 27.5 Å². The summed E-state index contributed by atoms with van der Waals surface area (Å²) >= 11 is 3.44. The molecule has 0 aromatic heterocycles. The number of alkyl halides is 1. The quantitative estimate of drug-likeness (QED) is 0.487. The molecular weight excluding hydrogens is 300 g/mol. The molecule has 1 aliphatic heterocycles. The monoisotopic (exact) mass is 312 g/mol. The van der Waals surface area contributed by atoms with Gasteiger partial charge in [-0.2, -0.15) is 0 Å². The van der Waals surface area contributed by atoms with Gasteiger partial charge in [0.1, 0.15) is 13.7 Å². The molecule has 1 aliphatic rings. The number of nitrogens with zero attached hydrogens (tertiary/aromatic N) is 2. The van der Waals surface area contributed by atoms with Crippen molar-refractivity contribution < 1.29 is 14.4 Å². The third kappa shape index (κ3) is 2.81. The Morgan fingerprint density at radius 2 is 2.28 bits per heavy atom. The maximum absolute atomic E-state index is 5.45. The zero-order valence-electron chi connectivity index (χ0n) is 9.93. The molecule has 1 aromatic rings. The van der Waals surface area contributed by atoms with E-state index in [2.05, 4.69) is 26.2 Å². The summed E-state index contributed by atoms with van der Waals surface area (Å²) in [6, 6.07) is 7.83. The summed E-state index contributed by atoms with van der Waals surface area (Å²) in [4.78, 5) is 9.89. The molecule has 0 radical (unpaired) electrons. The van der Waals surface area contributed by atoms with E-state index in [0.717, 1.165) is 11.1 Å². The Kier molecular flexibility index (Phi) is 4.58. The first-order valence-electron chi connectivity index (χ1n) is 5.45. The fourth-order valence-electron chi connectivity index (χ4n) is 1.58. The fourth-order valence-corrected chi connectivity index (χ4v) is 2.07. The van der Waals surface area contributed by atoms with E-state index < -0.39 is 0 Å². The molecule has 0 fully saturated rings. The van der Waals surface area contributed by atoms with Gasteiger partial charge in [0.2, 0.25) is 0 Å². The van der Waals surface area contributed by atoms with E-state index in [4.69, 9.17) is 14.4 Å². The second kappa shape index (κ2) is 6.39. The lowest BCUT2D eigenvalue weighted by Crippen LogP contribution is -2.26. The Balaban J connectivity index is 2.41. The zero-order valence-corrected chi connectivity index (χ0v) is 11.5. The van der Waals surface area contributed by atoms with Crippen LogP contribution < -0.4 is 0 Å². The minimum atomic E-state index is 0.344. The Bertz CT molecular complexity index is 474. The van der Waals surface area contributed by atoms with Crippen molar-refractivity contribution in [3.05, 3.63) is 35.4 Å². The summed E-state index contributed by atoms with van der Waals surface area (Å²) in [6.07, 6.45) is 0. The molecule has 0 bridgehead atoms. The summed E-state index contributed by atoms with van der Waals surface area (Å²) in [5.74, 6) is 0.344. The molecular formula is C12H13BrN2O3. The Hall–Kier alpha value is -1.56. The van der Waals surface area contributed by atoms with E-state index in [0.29, 0.717) is 30.2 Å². The van der Waals surface area contributed by atoms with E-state index >= 15 is 0 Å². The second-order valence-electron chi connectivity index (χ2n) is 3.49. The first-order chi connectivity index (χ1) is 8.86. The second-order valence-corrected chi connectivity index (χ2v) is 4.05. The van der Waals surface area contributed by atoms with E-state index in [1.807, 2.05) is 24.3 Å². The van der Waals surface area contributed by atoms with Crippen molar-refractivity contribution in [1.82, 2.24) is 0 Å². The lowest BCUT2D eigenvalue weighted by atomic mass is 10.0. The normalized spacial score (nSPS) is 15.4. The summed E-state index contributed by atoms with van der Waals surface area (Å²) in [6.45, 7) is 0.905. The third-order valence-electron chi connectivity index (χ3n) is 2.36. The largest absolute Gasteiger partial charge is 0.470 e. The number of hydrogen-bond acceptors (Lipinski definition) is 5. The van der Waals surface area contributed by atoms with E-state index in [-0.39, 0.29) is 0 Å². The molecule has 1 aromatic carbocycles. The van der Waals surface area contributed by atoms with Crippen LogP contribution in [0.2, 0.25) is 0 Å². The van der Waals surface area contributed by atoms with Crippen LogP contribution in [0.1, 0.15) is 11.1 Å². The van der Waals surface area contributed by atoms with Gasteiger partial charge in [0.15, 0.2) is 12.3 Å². The number of ether oxygens (including phenoxy) is 1.